The number of aliphatic hydroxyl groups excluding tert-OH is 2. The number of carbonyl (C=O) groups is 2. The van der Waals surface area contributed by atoms with E-state index in [1.807, 2.05) is 0 Å². The van der Waals surface area contributed by atoms with Crippen molar-refractivity contribution in [1.29, 1.82) is 0 Å². The highest BCUT2D eigenvalue weighted by atomic mass is 31.2. The fourth-order valence-corrected chi connectivity index (χ4v) is 3.04. The summed E-state index contributed by atoms with van der Waals surface area (Å²) >= 11 is 0. The third kappa shape index (κ3) is 9.65. The molecule has 5 N–H and O–H groups in total. The molecule has 0 aliphatic heterocycles. The van der Waals surface area contributed by atoms with Crippen molar-refractivity contribution in [3.05, 3.63) is 35.9 Å². The van der Waals surface area contributed by atoms with Gasteiger partial charge in [0.25, 0.3) is 0 Å². The summed E-state index contributed by atoms with van der Waals surface area (Å²) in [5, 5.41) is 20.1. The molecule has 2 atom stereocenters. The minimum Gasteiger partial charge on any atom is -0.463 e. The molecule has 1 amide bonds. The van der Waals surface area contributed by atoms with Crippen molar-refractivity contribution < 1.29 is 38.9 Å². The Hall–Kier alpha value is -1.77. The van der Waals surface area contributed by atoms with E-state index in [1.165, 1.54) is 0 Å². The van der Waals surface area contributed by atoms with Crippen LogP contribution < -0.4 is 5.32 Å². The molecule has 2 unspecified atom stereocenters. The number of aliphatic hydroxyl groups is 2. The topological polar surface area (TPSA) is 153 Å². The van der Waals surface area contributed by atoms with E-state index >= 15 is 0 Å². The van der Waals surface area contributed by atoms with Crippen LogP contribution in [0.4, 0.5) is 0 Å². The van der Waals surface area contributed by atoms with Gasteiger partial charge in [0.2, 0.25) is 5.91 Å². The van der Waals surface area contributed by atoms with Gasteiger partial charge in [-0.25, -0.2) is 0 Å². The number of hydrogen-bond donors (Lipinski definition) is 5. The summed E-state index contributed by atoms with van der Waals surface area (Å²) < 4.78 is 16.0. The van der Waals surface area contributed by atoms with Gasteiger partial charge in [-0.2, -0.15) is 0 Å². The molecule has 0 saturated heterocycles. The molecular weight excluding hydrogens is 365 g/mol. The molecule has 0 aliphatic rings. The van der Waals surface area contributed by atoms with Crippen LogP contribution in [-0.2, 0) is 25.3 Å². The SMILES string of the molecule is O=C(CCNC(=O)C(Cc1ccccc1)CP(=O)(O)O)OCC(O)CO. The minimum atomic E-state index is -4.39. The standard InChI is InChI=1S/C16H24NO8P/c18-9-14(19)10-25-15(20)6-7-17-16(21)13(11-26(22,23)24)8-12-4-2-1-3-5-12/h1-5,13-14,18-19H,6-11H2,(H,17,21)(H2,22,23,24). The van der Waals surface area contributed by atoms with E-state index in [4.69, 9.17) is 10.2 Å². The maximum Gasteiger partial charge on any atom is 0.326 e. The molecular formula is C16H24NO8P. The van der Waals surface area contributed by atoms with Crippen LogP contribution in [0.25, 0.3) is 0 Å². The molecule has 1 aromatic carbocycles. The molecule has 0 fully saturated rings. The van der Waals surface area contributed by atoms with Crippen molar-refractivity contribution in [2.24, 2.45) is 5.92 Å². The van der Waals surface area contributed by atoms with Crippen molar-refractivity contribution in [2.75, 3.05) is 25.9 Å². The number of ether oxygens (including phenoxy) is 1. The molecule has 146 valence electrons. The van der Waals surface area contributed by atoms with Crippen molar-refractivity contribution in [1.82, 2.24) is 5.32 Å². The average molecular weight is 389 g/mol. The van der Waals surface area contributed by atoms with E-state index in [0.29, 0.717) is 0 Å². The Morgan fingerprint density at radius 3 is 2.42 bits per heavy atom. The lowest BCUT2D eigenvalue weighted by Gasteiger charge is -2.17. The zero-order chi connectivity index (χ0) is 19.6. The van der Waals surface area contributed by atoms with Crippen LogP contribution in [0.2, 0.25) is 0 Å². The summed E-state index contributed by atoms with van der Waals surface area (Å²) in [5.74, 6) is -2.18. The van der Waals surface area contributed by atoms with Gasteiger partial charge in [-0.1, -0.05) is 30.3 Å². The van der Waals surface area contributed by atoms with Gasteiger partial charge in [0.05, 0.1) is 25.1 Å². The molecule has 9 nitrogen and oxygen atoms in total. The molecule has 0 aromatic heterocycles. The number of hydrogen-bond acceptors (Lipinski definition) is 6. The molecule has 0 heterocycles. The van der Waals surface area contributed by atoms with Gasteiger partial charge in [-0.15, -0.1) is 0 Å². The normalized spacial score (nSPS) is 13.7. The summed E-state index contributed by atoms with van der Waals surface area (Å²) in [4.78, 5) is 42.1. The van der Waals surface area contributed by atoms with Crippen LogP contribution in [0.15, 0.2) is 30.3 Å². The van der Waals surface area contributed by atoms with E-state index in [0.717, 1.165) is 5.56 Å². The lowest BCUT2D eigenvalue weighted by atomic mass is 10.0. The van der Waals surface area contributed by atoms with Crippen molar-refractivity contribution >= 4 is 19.5 Å². The molecule has 0 bridgehead atoms. The van der Waals surface area contributed by atoms with Crippen LogP contribution in [-0.4, -0.2) is 63.9 Å². The van der Waals surface area contributed by atoms with Crippen LogP contribution in [0.1, 0.15) is 12.0 Å². The predicted octanol–water partition coefficient (Wildman–Crippen LogP) is -0.574. The van der Waals surface area contributed by atoms with Gasteiger partial charge in [0, 0.05) is 6.54 Å². The minimum absolute atomic E-state index is 0.0701. The maximum absolute atomic E-state index is 12.2. The molecule has 0 saturated carbocycles. The first-order chi connectivity index (χ1) is 12.2. The van der Waals surface area contributed by atoms with Gasteiger partial charge in [0.15, 0.2) is 0 Å². The summed E-state index contributed by atoms with van der Waals surface area (Å²) in [6, 6.07) is 8.83. The first-order valence-electron chi connectivity index (χ1n) is 8.02. The predicted molar refractivity (Wildman–Crippen MR) is 92.2 cm³/mol. The summed E-state index contributed by atoms with van der Waals surface area (Å²) in [7, 11) is -4.39. The Bertz CT molecular complexity index is 618. The number of amides is 1. The van der Waals surface area contributed by atoms with Crippen LogP contribution in [0.3, 0.4) is 0 Å². The van der Waals surface area contributed by atoms with Crippen molar-refractivity contribution in [3.8, 4) is 0 Å². The Morgan fingerprint density at radius 1 is 1.19 bits per heavy atom. The first-order valence-corrected chi connectivity index (χ1v) is 9.81. The van der Waals surface area contributed by atoms with Crippen LogP contribution in [0, 0.1) is 5.92 Å². The van der Waals surface area contributed by atoms with Crippen molar-refractivity contribution in [2.45, 2.75) is 18.9 Å². The highest BCUT2D eigenvalue weighted by molar-refractivity contribution is 7.51. The third-order valence-electron chi connectivity index (χ3n) is 3.43. The molecule has 1 rings (SSSR count). The number of nitrogens with one attached hydrogen (secondary N) is 1. The smallest absolute Gasteiger partial charge is 0.326 e. The summed E-state index contributed by atoms with van der Waals surface area (Å²) in [6.07, 6.45) is -1.77. The molecule has 0 spiro atoms. The third-order valence-corrected chi connectivity index (χ3v) is 4.35. The second-order valence-corrected chi connectivity index (χ2v) is 7.49. The Kier molecular flexibility index (Phi) is 9.47. The quantitative estimate of drug-likeness (QED) is 0.249. The van der Waals surface area contributed by atoms with E-state index in [1.54, 1.807) is 30.3 Å². The van der Waals surface area contributed by atoms with Gasteiger partial charge in [-0.05, 0) is 12.0 Å². The van der Waals surface area contributed by atoms with E-state index in [2.05, 4.69) is 10.1 Å². The number of rotatable bonds is 11. The second kappa shape index (κ2) is 11.1. The zero-order valence-corrected chi connectivity index (χ0v) is 15.0. The van der Waals surface area contributed by atoms with Gasteiger partial charge in [-0.3, -0.25) is 14.2 Å². The number of esters is 1. The van der Waals surface area contributed by atoms with Crippen LogP contribution in [0.5, 0.6) is 0 Å². The molecule has 0 radical (unpaired) electrons. The van der Waals surface area contributed by atoms with Crippen LogP contribution >= 0.6 is 7.60 Å². The fourth-order valence-electron chi connectivity index (χ4n) is 2.17. The highest BCUT2D eigenvalue weighted by Gasteiger charge is 2.27. The Labute approximate surface area is 151 Å². The average Bonchev–Trinajstić information content (AvgIpc) is 2.58. The fraction of sp³-hybridized carbons (Fsp3) is 0.500. The first kappa shape index (κ1) is 22.3. The Morgan fingerprint density at radius 2 is 1.85 bits per heavy atom. The largest absolute Gasteiger partial charge is 0.463 e. The lowest BCUT2D eigenvalue weighted by Crippen LogP contribution is -2.35. The van der Waals surface area contributed by atoms with E-state index < -0.39 is 44.3 Å². The zero-order valence-electron chi connectivity index (χ0n) is 14.2. The monoisotopic (exact) mass is 389 g/mol. The molecule has 10 heteroatoms. The van der Waals surface area contributed by atoms with E-state index in [-0.39, 0.29) is 26.0 Å². The maximum atomic E-state index is 12.2. The van der Waals surface area contributed by atoms with Gasteiger partial charge >= 0.3 is 13.6 Å². The lowest BCUT2D eigenvalue weighted by molar-refractivity contribution is -0.147. The van der Waals surface area contributed by atoms with E-state index in [9.17, 15) is 23.9 Å². The summed E-state index contributed by atoms with van der Waals surface area (Å²) in [6.45, 7) is -0.953. The number of benzene rings is 1. The Balaban J connectivity index is 2.52. The number of carbonyl (C=O) groups excluding carboxylic acids is 2. The van der Waals surface area contributed by atoms with Gasteiger partial charge < -0.3 is 30.1 Å². The molecule has 0 aliphatic carbocycles. The van der Waals surface area contributed by atoms with Crippen molar-refractivity contribution in [3.63, 3.8) is 0 Å². The molecule has 1 aromatic rings. The second-order valence-electron chi connectivity index (χ2n) is 5.79. The summed E-state index contributed by atoms with van der Waals surface area (Å²) in [5.41, 5.74) is 0.763. The molecule has 26 heavy (non-hydrogen) atoms. The van der Waals surface area contributed by atoms with Gasteiger partial charge in [0.1, 0.15) is 12.7 Å². The highest BCUT2D eigenvalue weighted by Crippen LogP contribution is 2.37.